The van der Waals surface area contributed by atoms with E-state index in [-0.39, 0.29) is 6.03 Å². The van der Waals surface area contributed by atoms with Gasteiger partial charge in [0.1, 0.15) is 5.65 Å². The molecule has 210 valence electrons. The molecule has 2 fully saturated rings. The van der Waals surface area contributed by atoms with Crippen molar-refractivity contribution in [1.82, 2.24) is 19.4 Å². The number of methoxy groups -OCH3 is 1. The second-order valence-corrected chi connectivity index (χ2v) is 10.3. The van der Waals surface area contributed by atoms with Crippen molar-refractivity contribution in [1.29, 1.82) is 0 Å². The van der Waals surface area contributed by atoms with E-state index in [9.17, 15) is 4.79 Å². The standard InChI is InChI=1S/C30H41N5O4/c1-3-4-5-19-39-28-22-25(7-8-27(28)37-2)35-13-6-12-34(30(35)36)23-24-9-11-31-29-26(24)10-14-33(29)16-15-32-17-20-38-21-18-32/h7-11,14,22H,3-6,12-13,15-21,23H2,1-2H3. The van der Waals surface area contributed by atoms with E-state index in [2.05, 4.69) is 33.6 Å². The first-order valence-electron chi connectivity index (χ1n) is 14.3. The first-order chi connectivity index (χ1) is 19.2. The SMILES string of the molecule is CCCCCOc1cc(N2CCCN(Cc3ccnc4c3ccn4CCN3CCOCC3)C2=O)ccc1OC. The molecule has 0 unspecified atom stereocenters. The van der Waals surface area contributed by atoms with Crippen LogP contribution in [-0.4, -0.2) is 85.0 Å². The van der Waals surface area contributed by atoms with Gasteiger partial charge in [-0.1, -0.05) is 19.8 Å². The van der Waals surface area contributed by atoms with E-state index in [4.69, 9.17) is 14.2 Å². The molecule has 0 bridgehead atoms. The third-order valence-corrected chi connectivity index (χ3v) is 7.65. The summed E-state index contributed by atoms with van der Waals surface area (Å²) in [6, 6.07) is 9.96. The average molecular weight is 536 g/mol. The van der Waals surface area contributed by atoms with Crippen LogP contribution in [-0.2, 0) is 17.8 Å². The van der Waals surface area contributed by atoms with Crippen LogP contribution in [0.2, 0.25) is 0 Å². The number of fused-ring (bicyclic) bond motifs is 1. The fraction of sp³-hybridized carbons (Fsp3) is 0.533. The highest BCUT2D eigenvalue weighted by Crippen LogP contribution is 2.33. The summed E-state index contributed by atoms with van der Waals surface area (Å²) in [6.07, 6.45) is 8.14. The Bertz CT molecular complexity index is 1240. The lowest BCUT2D eigenvalue weighted by Crippen LogP contribution is -2.49. The van der Waals surface area contributed by atoms with Crippen molar-refractivity contribution in [2.75, 3.05) is 64.6 Å². The van der Waals surface area contributed by atoms with Gasteiger partial charge in [0.05, 0.1) is 26.9 Å². The molecule has 0 atom stereocenters. The summed E-state index contributed by atoms with van der Waals surface area (Å²) < 4.78 is 19.2. The molecule has 0 radical (unpaired) electrons. The van der Waals surface area contributed by atoms with Gasteiger partial charge >= 0.3 is 6.03 Å². The highest BCUT2D eigenvalue weighted by molar-refractivity contribution is 5.93. The van der Waals surface area contributed by atoms with Crippen LogP contribution >= 0.6 is 0 Å². The van der Waals surface area contributed by atoms with E-state index in [1.54, 1.807) is 7.11 Å². The quantitative estimate of drug-likeness (QED) is 0.311. The van der Waals surface area contributed by atoms with Crippen LogP contribution in [0.5, 0.6) is 11.5 Å². The zero-order chi connectivity index (χ0) is 27.0. The lowest BCUT2D eigenvalue weighted by atomic mass is 10.1. The Labute approximate surface area is 231 Å². The second-order valence-electron chi connectivity index (χ2n) is 10.3. The largest absolute Gasteiger partial charge is 0.493 e. The number of morpholine rings is 1. The number of nitrogens with zero attached hydrogens (tertiary/aromatic N) is 5. The number of benzene rings is 1. The maximum absolute atomic E-state index is 13.7. The predicted octanol–water partition coefficient (Wildman–Crippen LogP) is 4.78. The monoisotopic (exact) mass is 535 g/mol. The lowest BCUT2D eigenvalue weighted by molar-refractivity contribution is 0.0365. The minimum atomic E-state index is 0.0139. The molecule has 2 amide bonds. The highest BCUT2D eigenvalue weighted by atomic mass is 16.5. The maximum Gasteiger partial charge on any atom is 0.324 e. The number of carbonyl (C=O) groups excluding carboxylic acids is 1. The zero-order valence-electron chi connectivity index (χ0n) is 23.3. The Morgan fingerprint density at radius 3 is 2.69 bits per heavy atom. The summed E-state index contributed by atoms with van der Waals surface area (Å²) in [6.45, 7) is 10.2. The van der Waals surface area contributed by atoms with Gasteiger partial charge in [-0.2, -0.15) is 0 Å². The topological polar surface area (TPSA) is 72.3 Å². The van der Waals surface area contributed by atoms with Crippen molar-refractivity contribution in [2.45, 2.75) is 45.7 Å². The molecule has 2 saturated heterocycles. The van der Waals surface area contributed by atoms with E-state index in [1.165, 1.54) is 0 Å². The number of rotatable bonds is 12. The smallest absolute Gasteiger partial charge is 0.324 e. The number of ether oxygens (including phenoxy) is 3. The fourth-order valence-electron chi connectivity index (χ4n) is 5.39. The van der Waals surface area contributed by atoms with Crippen LogP contribution in [0.3, 0.4) is 0 Å². The van der Waals surface area contributed by atoms with Gasteiger partial charge in [0, 0.05) is 75.3 Å². The Kier molecular flexibility index (Phi) is 9.21. The van der Waals surface area contributed by atoms with E-state index in [0.29, 0.717) is 31.2 Å². The summed E-state index contributed by atoms with van der Waals surface area (Å²) in [5.41, 5.74) is 2.93. The normalized spacial score (nSPS) is 16.7. The molecule has 2 aliphatic rings. The van der Waals surface area contributed by atoms with Gasteiger partial charge in [0.2, 0.25) is 0 Å². The second kappa shape index (κ2) is 13.2. The van der Waals surface area contributed by atoms with E-state index in [0.717, 1.165) is 93.9 Å². The molecule has 0 N–H and O–H groups in total. The molecule has 3 aromatic rings. The molecule has 4 heterocycles. The number of hydrogen-bond acceptors (Lipinski definition) is 6. The number of urea groups is 1. The van der Waals surface area contributed by atoms with Crippen molar-refractivity contribution in [3.63, 3.8) is 0 Å². The third kappa shape index (κ3) is 6.47. The Morgan fingerprint density at radius 1 is 1.00 bits per heavy atom. The van der Waals surface area contributed by atoms with E-state index >= 15 is 0 Å². The van der Waals surface area contributed by atoms with Crippen LogP contribution in [0, 0.1) is 0 Å². The fourth-order valence-corrected chi connectivity index (χ4v) is 5.39. The van der Waals surface area contributed by atoms with Gasteiger partial charge in [-0.25, -0.2) is 9.78 Å². The van der Waals surface area contributed by atoms with Crippen LogP contribution < -0.4 is 14.4 Å². The summed E-state index contributed by atoms with van der Waals surface area (Å²) in [5, 5.41) is 1.11. The molecule has 0 spiro atoms. The van der Waals surface area contributed by atoms with Gasteiger partial charge in [0.15, 0.2) is 11.5 Å². The Morgan fingerprint density at radius 2 is 1.87 bits per heavy atom. The molecule has 39 heavy (non-hydrogen) atoms. The van der Waals surface area contributed by atoms with Gasteiger partial charge in [-0.15, -0.1) is 0 Å². The van der Waals surface area contributed by atoms with Crippen LogP contribution in [0.4, 0.5) is 10.5 Å². The number of carbonyl (C=O) groups is 1. The summed E-state index contributed by atoms with van der Waals surface area (Å²) >= 11 is 0. The molecular weight excluding hydrogens is 494 g/mol. The van der Waals surface area contributed by atoms with E-state index < -0.39 is 0 Å². The number of amides is 2. The molecule has 1 aromatic carbocycles. The van der Waals surface area contributed by atoms with Crippen molar-refractivity contribution in [2.24, 2.45) is 0 Å². The molecule has 9 heteroatoms. The predicted molar refractivity (Wildman–Crippen MR) is 153 cm³/mol. The van der Waals surface area contributed by atoms with Crippen molar-refractivity contribution in [3.05, 3.63) is 48.3 Å². The van der Waals surface area contributed by atoms with Crippen molar-refractivity contribution >= 4 is 22.8 Å². The Balaban J connectivity index is 1.28. The van der Waals surface area contributed by atoms with Crippen LogP contribution in [0.25, 0.3) is 11.0 Å². The summed E-state index contributed by atoms with van der Waals surface area (Å²) in [4.78, 5) is 24.6. The number of hydrogen-bond donors (Lipinski definition) is 0. The number of anilines is 1. The lowest BCUT2D eigenvalue weighted by Gasteiger charge is -2.36. The van der Waals surface area contributed by atoms with Crippen molar-refractivity contribution in [3.8, 4) is 11.5 Å². The first-order valence-corrected chi connectivity index (χ1v) is 14.3. The van der Waals surface area contributed by atoms with Crippen LogP contribution in [0.15, 0.2) is 42.7 Å². The molecule has 2 aromatic heterocycles. The number of pyridine rings is 1. The van der Waals surface area contributed by atoms with Gasteiger partial charge in [-0.05, 0) is 42.7 Å². The highest BCUT2D eigenvalue weighted by Gasteiger charge is 2.28. The Hall–Kier alpha value is -3.30. The number of aromatic nitrogens is 2. The third-order valence-electron chi connectivity index (χ3n) is 7.65. The summed E-state index contributed by atoms with van der Waals surface area (Å²) in [5.74, 6) is 1.37. The summed E-state index contributed by atoms with van der Waals surface area (Å²) in [7, 11) is 1.65. The van der Waals surface area contributed by atoms with Gasteiger partial charge in [-0.3, -0.25) is 9.80 Å². The van der Waals surface area contributed by atoms with Gasteiger partial charge < -0.3 is 23.7 Å². The first kappa shape index (κ1) is 27.3. The average Bonchev–Trinajstić information content (AvgIpc) is 3.40. The molecule has 2 aliphatic heterocycles. The zero-order valence-corrected chi connectivity index (χ0v) is 23.3. The molecule has 0 saturated carbocycles. The molecule has 0 aliphatic carbocycles. The molecule has 5 rings (SSSR count). The van der Waals surface area contributed by atoms with Crippen molar-refractivity contribution < 1.29 is 19.0 Å². The van der Waals surface area contributed by atoms with E-state index in [1.807, 2.05) is 40.3 Å². The molecule has 9 nitrogen and oxygen atoms in total. The minimum Gasteiger partial charge on any atom is -0.493 e. The minimum absolute atomic E-state index is 0.0139. The maximum atomic E-state index is 13.7. The number of unbranched alkanes of at least 4 members (excludes halogenated alkanes) is 2. The van der Waals surface area contributed by atoms with Crippen LogP contribution in [0.1, 0.15) is 38.2 Å². The van der Waals surface area contributed by atoms with Gasteiger partial charge in [0.25, 0.3) is 0 Å². The molecular formula is C30H41N5O4.